The highest BCUT2D eigenvalue weighted by atomic mass is 16.2. The molecule has 0 spiro atoms. The summed E-state index contributed by atoms with van der Waals surface area (Å²) in [6.07, 6.45) is 10.2. The van der Waals surface area contributed by atoms with E-state index in [4.69, 9.17) is 0 Å². The SMILES string of the molecule is Cc1ccc(N2C(=O)C3C=CC=CC3=[N+](CC(=O)N3CCCCC3C)C2=O)cc1. The van der Waals surface area contributed by atoms with E-state index >= 15 is 0 Å². The molecule has 0 N–H and O–H groups in total. The Morgan fingerprint density at radius 1 is 1.14 bits per heavy atom. The molecule has 2 unspecified atom stereocenters. The Morgan fingerprint density at radius 3 is 2.62 bits per heavy atom. The minimum atomic E-state index is -0.564. The Labute approximate surface area is 170 Å². The fourth-order valence-electron chi connectivity index (χ4n) is 4.25. The van der Waals surface area contributed by atoms with Gasteiger partial charge in [0.1, 0.15) is 17.3 Å². The molecule has 6 heteroatoms. The number of rotatable bonds is 3. The number of benzene rings is 1. The summed E-state index contributed by atoms with van der Waals surface area (Å²) in [6, 6.07) is 6.99. The normalized spacial score (nSPS) is 24.2. The number of urea groups is 1. The smallest absolute Gasteiger partial charge is 0.337 e. The van der Waals surface area contributed by atoms with Crippen LogP contribution < -0.4 is 4.90 Å². The molecule has 1 aromatic rings. The van der Waals surface area contributed by atoms with Crippen LogP contribution in [0, 0.1) is 12.8 Å². The Morgan fingerprint density at radius 2 is 1.90 bits per heavy atom. The van der Waals surface area contributed by atoms with Crippen LogP contribution in [0.2, 0.25) is 0 Å². The summed E-state index contributed by atoms with van der Waals surface area (Å²) in [5.41, 5.74) is 2.14. The monoisotopic (exact) mass is 392 g/mol. The average molecular weight is 392 g/mol. The molecule has 2 aliphatic heterocycles. The van der Waals surface area contributed by atoms with Crippen LogP contribution in [0.4, 0.5) is 10.5 Å². The van der Waals surface area contributed by atoms with Crippen molar-refractivity contribution >= 4 is 29.2 Å². The fraction of sp³-hybridized carbons (Fsp3) is 0.391. The van der Waals surface area contributed by atoms with Gasteiger partial charge in [-0.25, -0.2) is 4.79 Å². The lowest BCUT2D eigenvalue weighted by atomic mass is 9.94. The Hall–Kier alpha value is -3.02. The lowest BCUT2D eigenvalue weighted by Gasteiger charge is -2.34. The maximum atomic E-state index is 13.4. The number of nitrogens with zero attached hydrogens (tertiary/aromatic N) is 3. The van der Waals surface area contributed by atoms with Crippen LogP contribution in [0.5, 0.6) is 0 Å². The van der Waals surface area contributed by atoms with E-state index in [0.29, 0.717) is 11.4 Å². The first-order chi connectivity index (χ1) is 14.0. The van der Waals surface area contributed by atoms with E-state index in [2.05, 4.69) is 6.92 Å². The third-order valence-electron chi connectivity index (χ3n) is 5.93. The van der Waals surface area contributed by atoms with Crippen molar-refractivity contribution in [2.45, 2.75) is 39.2 Å². The van der Waals surface area contributed by atoms with Crippen molar-refractivity contribution in [2.24, 2.45) is 5.92 Å². The van der Waals surface area contributed by atoms with Gasteiger partial charge in [-0.15, -0.1) is 4.90 Å². The number of carbonyl (C=O) groups is 3. The summed E-state index contributed by atoms with van der Waals surface area (Å²) in [5.74, 6) is -0.923. The van der Waals surface area contributed by atoms with E-state index in [1.807, 2.05) is 30.0 Å². The van der Waals surface area contributed by atoms with Crippen molar-refractivity contribution in [1.82, 2.24) is 4.90 Å². The number of aryl methyl sites for hydroxylation is 1. The first-order valence-electron chi connectivity index (χ1n) is 10.2. The number of allylic oxidation sites excluding steroid dienone is 3. The third kappa shape index (κ3) is 3.55. The lowest BCUT2D eigenvalue weighted by molar-refractivity contribution is -0.418. The molecule has 1 aromatic carbocycles. The highest BCUT2D eigenvalue weighted by Gasteiger charge is 2.48. The third-order valence-corrected chi connectivity index (χ3v) is 5.93. The quantitative estimate of drug-likeness (QED) is 0.743. The van der Waals surface area contributed by atoms with E-state index in [1.165, 1.54) is 9.48 Å². The number of anilines is 1. The first kappa shape index (κ1) is 19.3. The summed E-state index contributed by atoms with van der Waals surface area (Å²) < 4.78 is 1.47. The molecule has 6 nitrogen and oxygen atoms in total. The van der Waals surface area contributed by atoms with Crippen LogP contribution in [0.25, 0.3) is 0 Å². The van der Waals surface area contributed by atoms with Gasteiger partial charge in [0.15, 0.2) is 6.54 Å². The highest BCUT2D eigenvalue weighted by Crippen LogP contribution is 2.26. The molecule has 1 saturated heterocycles. The Balaban J connectivity index is 1.70. The molecular formula is C23H26N3O3+. The number of hydrogen-bond acceptors (Lipinski definition) is 3. The molecule has 1 aliphatic carbocycles. The number of amides is 4. The predicted molar refractivity (Wildman–Crippen MR) is 111 cm³/mol. The van der Waals surface area contributed by atoms with Gasteiger partial charge in [-0.05, 0) is 51.3 Å². The summed E-state index contributed by atoms with van der Waals surface area (Å²) in [6.45, 7) is 4.67. The zero-order valence-electron chi connectivity index (χ0n) is 16.9. The van der Waals surface area contributed by atoms with Gasteiger partial charge in [0.05, 0.1) is 0 Å². The summed E-state index contributed by atoms with van der Waals surface area (Å²) in [7, 11) is 0. The molecule has 4 rings (SSSR count). The largest absolute Gasteiger partial charge is 0.506 e. The molecule has 0 saturated carbocycles. The molecule has 29 heavy (non-hydrogen) atoms. The standard InChI is InChI=1S/C23H26N3O3/c1-16-10-12-18(13-11-16)26-22(28)19-8-3-4-9-20(19)25(23(26)29)15-21(27)24-14-6-5-7-17(24)2/h3-4,8-13,17,19H,5-7,14-15H2,1-2H3/q+1. The molecule has 0 bridgehead atoms. The van der Waals surface area contributed by atoms with E-state index in [1.54, 1.807) is 30.4 Å². The fourth-order valence-corrected chi connectivity index (χ4v) is 4.25. The second-order valence-corrected chi connectivity index (χ2v) is 7.96. The maximum Gasteiger partial charge on any atom is 0.506 e. The van der Waals surface area contributed by atoms with Crippen molar-refractivity contribution < 1.29 is 19.0 Å². The van der Waals surface area contributed by atoms with Gasteiger partial charge in [-0.2, -0.15) is 9.37 Å². The second kappa shape index (κ2) is 7.78. The summed E-state index contributed by atoms with van der Waals surface area (Å²) in [5, 5.41) is 0. The van der Waals surface area contributed by atoms with Crippen LogP contribution >= 0.6 is 0 Å². The zero-order valence-corrected chi connectivity index (χ0v) is 16.9. The van der Waals surface area contributed by atoms with E-state index in [0.717, 1.165) is 31.4 Å². The van der Waals surface area contributed by atoms with Crippen molar-refractivity contribution in [3.8, 4) is 0 Å². The van der Waals surface area contributed by atoms with Gasteiger partial charge in [0.2, 0.25) is 0 Å². The average Bonchev–Trinajstić information content (AvgIpc) is 2.73. The zero-order chi connectivity index (χ0) is 20.5. The lowest BCUT2D eigenvalue weighted by Crippen LogP contribution is -2.57. The van der Waals surface area contributed by atoms with Crippen LogP contribution in [0.3, 0.4) is 0 Å². The topological polar surface area (TPSA) is 60.7 Å². The van der Waals surface area contributed by atoms with Gasteiger partial charge < -0.3 is 4.90 Å². The van der Waals surface area contributed by atoms with Crippen LogP contribution in [-0.4, -0.2) is 52.2 Å². The number of piperidine rings is 1. The van der Waals surface area contributed by atoms with Crippen molar-refractivity contribution in [1.29, 1.82) is 0 Å². The van der Waals surface area contributed by atoms with Gasteiger partial charge in [0.25, 0.3) is 5.91 Å². The first-order valence-corrected chi connectivity index (χ1v) is 10.2. The molecule has 4 amide bonds. The van der Waals surface area contributed by atoms with Crippen LogP contribution in [0.1, 0.15) is 31.7 Å². The van der Waals surface area contributed by atoms with E-state index in [-0.39, 0.29) is 24.4 Å². The number of hydrogen-bond donors (Lipinski definition) is 0. The highest BCUT2D eigenvalue weighted by molar-refractivity contribution is 6.26. The molecule has 3 aliphatic rings. The van der Waals surface area contributed by atoms with E-state index < -0.39 is 11.9 Å². The van der Waals surface area contributed by atoms with Crippen molar-refractivity contribution in [3.63, 3.8) is 0 Å². The second-order valence-electron chi connectivity index (χ2n) is 7.96. The van der Waals surface area contributed by atoms with E-state index in [9.17, 15) is 14.4 Å². The molecule has 0 radical (unpaired) electrons. The number of carbonyl (C=O) groups excluding carboxylic acids is 3. The Bertz CT molecular complexity index is 943. The number of likely N-dealkylation sites (tertiary alicyclic amines) is 1. The Kier molecular flexibility index (Phi) is 5.18. The molecule has 0 aromatic heterocycles. The van der Waals surface area contributed by atoms with Crippen LogP contribution in [0.15, 0.2) is 48.6 Å². The maximum absolute atomic E-state index is 13.4. The minimum absolute atomic E-state index is 0.0527. The van der Waals surface area contributed by atoms with Crippen molar-refractivity contribution in [3.05, 3.63) is 54.1 Å². The predicted octanol–water partition coefficient (Wildman–Crippen LogP) is 3.06. The molecule has 2 atom stereocenters. The molecule has 150 valence electrons. The number of fused-ring (bicyclic) bond motifs is 1. The van der Waals surface area contributed by atoms with Crippen molar-refractivity contribution in [2.75, 3.05) is 18.0 Å². The van der Waals surface area contributed by atoms with Gasteiger partial charge >= 0.3 is 11.9 Å². The number of imide groups is 1. The van der Waals surface area contributed by atoms with Gasteiger partial charge in [-0.1, -0.05) is 35.9 Å². The van der Waals surface area contributed by atoms with Crippen LogP contribution in [-0.2, 0) is 9.59 Å². The molecule has 1 fully saturated rings. The molecular weight excluding hydrogens is 366 g/mol. The summed E-state index contributed by atoms with van der Waals surface area (Å²) in [4.78, 5) is 42.6. The summed E-state index contributed by atoms with van der Waals surface area (Å²) >= 11 is 0. The van der Waals surface area contributed by atoms with Gasteiger partial charge in [-0.3, -0.25) is 4.79 Å². The molecule has 2 heterocycles. The minimum Gasteiger partial charge on any atom is -0.337 e. The van der Waals surface area contributed by atoms with Gasteiger partial charge in [0, 0.05) is 12.6 Å².